The molecule has 52 heavy (non-hydrogen) atoms. The van der Waals surface area contributed by atoms with Gasteiger partial charge in [0.2, 0.25) is 0 Å². The van der Waals surface area contributed by atoms with Crippen LogP contribution in [0.3, 0.4) is 0 Å². The number of ether oxygens (including phenoxy) is 2. The number of carbonyl (C=O) groups is 2. The van der Waals surface area contributed by atoms with E-state index in [2.05, 4.69) is 146 Å². The summed E-state index contributed by atoms with van der Waals surface area (Å²) < 4.78 is 11.6. The molecule has 0 spiro atoms. The van der Waals surface area contributed by atoms with E-state index in [0.29, 0.717) is 0 Å². The average Bonchev–Trinajstić information content (AvgIpc) is 3.18. The van der Waals surface area contributed by atoms with Crippen LogP contribution in [0.15, 0.2) is 170 Å². The summed E-state index contributed by atoms with van der Waals surface area (Å²) in [5.74, 6) is -2.78. The van der Waals surface area contributed by atoms with Crippen molar-refractivity contribution < 1.29 is 19.1 Å². The Morgan fingerprint density at radius 2 is 0.692 bits per heavy atom. The highest BCUT2D eigenvalue weighted by atomic mass is 31.1. The Morgan fingerprint density at radius 3 is 0.981 bits per heavy atom. The number of benzene rings is 6. The zero-order chi connectivity index (χ0) is 35.9. The van der Waals surface area contributed by atoms with Gasteiger partial charge in [-0.3, -0.25) is 9.59 Å². The summed E-state index contributed by atoms with van der Waals surface area (Å²) in [4.78, 5) is 28.3. The molecular formula is C46H42O4P2. The second-order valence-corrected chi connectivity index (χ2v) is 17.1. The molecule has 0 amide bonds. The van der Waals surface area contributed by atoms with Crippen molar-refractivity contribution in [2.45, 2.75) is 25.7 Å². The quantitative estimate of drug-likeness (QED) is 0.0975. The first-order valence-corrected chi connectivity index (χ1v) is 20.6. The third-order valence-corrected chi connectivity index (χ3v) is 14.8. The fourth-order valence-electron chi connectivity index (χ4n) is 7.69. The zero-order valence-electron chi connectivity index (χ0n) is 29.4. The van der Waals surface area contributed by atoms with Gasteiger partial charge in [-0.2, -0.15) is 0 Å². The summed E-state index contributed by atoms with van der Waals surface area (Å²) in [7, 11) is -2.00. The number of rotatable bonds is 12. The zero-order valence-corrected chi connectivity index (χ0v) is 31.2. The molecule has 6 aromatic rings. The number of esters is 2. The maximum absolute atomic E-state index is 14.2. The van der Waals surface area contributed by atoms with E-state index in [1.54, 1.807) is 0 Å². The minimum Gasteiger partial charge on any atom is -0.466 e. The molecule has 1 fully saturated rings. The first-order valence-electron chi connectivity index (χ1n) is 17.9. The molecule has 1 saturated carbocycles. The van der Waals surface area contributed by atoms with E-state index in [-0.39, 0.29) is 37.0 Å². The van der Waals surface area contributed by atoms with Crippen LogP contribution in [-0.4, -0.2) is 25.2 Å². The van der Waals surface area contributed by atoms with E-state index in [9.17, 15) is 9.59 Å². The lowest BCUT2D eigenvalue weighted by Gasteiger charge is -2.51. The number of hydrogen-bond donors (Lipinski definition) is 0. The molecule has 260 valence electrons. The van der Waals surface area contributed by atoms with Gasteiger partial charge in [0.15, 0.2) is 0 Å². The van der Waals surface area contributed by atoms with Gasteiger partial charge < -0.3 is 9.47 Å². The standard InChI is InChI=1S/C46H42O4P2/c1-3-49-45(47)43-41(37-29-17-19-31-39(37)51(33-21-9-5-10-22-33)34-23-11-6-12-24-34)42(44(43)46(48)50-4-2)38-30-18-20-32-40(38)52(35-25-13-7-14-26-35)36-27-15-8-16-28-36/h5-32,41-44H,3-4H2,1-2H3/t41-,42-,43-,44-/m0/s1. The lowest BCUT2D eigenvalue weighted by Crippen LogP contribution is -2.54. The van der Waals surface area contributed by atoms with Crippen molar-refractivity contribution in [1.29, 1.82) is 0 Å². The molecule has 0 heterocycles. The molecule has 4 nitrogen and oxygen atoms in total. The van der Waals surface area contributed by atoms with E-state index in [4.69, 9.17) is 9.47 Å². The second-order valence-electron chi connectivity index (χ2n) is 12.7. The van der Waals surface area contributed by atoms with Gasteiger partial charge >= 0.3 is 11.9 Å². The first-order chi connectivity index (χ1) is 25.6. The van der Waals surface area contributed by atoms with Gasteiger partial charge in [0.25, 0.3) is 0 Å². The molecule has 6 aromatic carbocycles. The third-order valence-electron chi connectivity index (χ3n) is 9.80. The molecule has 0 aliphatic heterocycles. The predicted molar refractivity (Wildman–Crippen MR) is 216 cm³/mol. The second kappa shape index (κ2) is 16.6. The molecule has 0 aromatic heterocycles. The highest BCUT2D eigenvalue weighted by molar-refractivity contribution is 7.80. The topological polar surface area (TPSA) is 52.6 Å². The lowest BCUT2D eigenvalue weighted by atomic mass is 9.52. The van der Waals surface area contributed by atoms with Crippen molar-refractivity contribution in [3.05, 3.63) is 181 Å². The predicted octanol–water partition coefficient (Wildman–Crippen LogP) is 7.44. The fourth-order valence-corrected chi connectivity index (χ4v) is 12.7. The van der Waals surface area contributed by atoms with Crippen molar-refractivity contribution in [3.8, 4) is 0 Å². The minimum atomic E-state index is -0.998. The van der Waals surface area contributed by atoms with Gasteiger partial charge in [-0.1, -0.05) is 170 Å². The smallest absolute Gasteiger partial charge is 0.310 e. The third kappa shape index (κ3) is 7.11. The van der Waals surface area contributed by atoms with Crippen molar-refractivity contribution in [2.24, 2.45) is 11.8 Å². The van der Waals surface area contributed by atoms with Crippen LogP contribution in [0, 0.1) is 11.8 Å². The van der Waals surface area contributed by atoms with Gasteiger partial charge in [0.05, 0.1) is 25.0 Å². The maximum Gasteiger partial charge on any atom is 0.310 e. The average molecular weight is 721 g/mol. The largest absolute Gasteiger partial charge is 0.466 e. The molecule has 0 unspecified atom stereocenters. The summed E-state index contributed by atoms with van der Waals surface area (Å²) in [6, 6.07) is 59.5. The van der Waals surface area contributed by atoms with Crippen LogP contribution in [0.4, 0.5) is 0 Å². The summed E-state index contributed by atoms with van der Waals surface area (Å²) in [5.41, 5.74) is 2.15. The molecule has 1 aliphatic rings. The molecule has 4 atom stereocenters. The number of carbonyl (C=O) groups excluding carboxylic acids is 2. The minimum absolute atomic E-state index is 0.231. The van der Waals surface area contributed by atoms with Crippen LogP contribution in [0.2, 0.25) is 0 Å². The van der Waals surface area contributed by atoms with Gasteiger partial charge in [-0.25, -0.2) is 0 Å². The molecule has 1 aliphatic carbocycles. The summed E-state index contributed by atoms with van der Waals surface area (Å²) >= 11 is 0. The molecule has 6 heteroatoms. The Kier molecular flexibility index (Phi) is 11.4. The molecule has 0 saturated heterocycles. The van der Waals surface area contributed by atoms with Gasteiger partial charge in [0, 0.05) is 11.8 Å². The Bertz CT molecular complexity index is 1860. The molecule has 0 bridgehead atoms. The Labute approximate surface area is 309 Å². The summed E-state index contributed by atoms with van der Waals surface area (Å²) in [5, 5.41) is 7.23. The van der Waals surface area contributed by atoms with Gasteiger partial charge in [-0.15, -0.1) is 0 Å². The molecule has 7 rings (SSSR count). The summed E-state index contributed by atoms with van der Waals surface area (Å²) in [6.45, 7) is 4.11. The molecule has 0 N–H and O–H groups in total. The number of hydrogen-bond acceptors (Lipinski definition) is 4. The van der Waals surface area contributed by atoms with Crippen LogP contribution in [0.25, 0.3) is 0 Å². The van der Waals surface area contributed by atoms with Crippen LogP contribution in [-0.2, 0) is 19.1 Å². The van der Waals surface area contributed by atoms with E-state index in [1.807, 2.05) is 38.1 Å². The highest BCUT2D eigenvalue weighted by Crippen LogP contribution is 2.60. The van der Waals surface area contributed by atoms with Crippen molar-refractivity contribution in [3.63, 3.8) is 0 Å². The highest BCUT2D eigenvalue weighted by Gasteiger charge is 2.61. The van der Waals surface area contributed by atoms with Gasteiger partial charge in [0.1, 0.15) is 0 Å². The van der Waals surface area contributed by atoms with Gasteiger partial charge in [-0.05, 0) is 72.6 Å². The SMILES string of the molecule is CCOC(=O)[C@@H]1[C@@H](C(=O)OCC)[C@@H](c2ccccc2P(c2ccccc2)c2ccccc2)[C@@H]1c1ccccc1P(c1ccccc1)c1ccccc1. The fraction of sp³-hybridized carbons (Fsp3) is 0.174. The molecular weight excluding hydrogens is 678 g/mol. The van der Waals surface area contributed by atoms with Crippen LogP contribution < -0.4 is 31.8 Å². The van der Waals surface area contributed by atoms with E-state index in [0.717, 1.165) is 11.1 Å². The van der Waals surface area contributed by atoms with Crippen molar-refractivity contribution in [1.82, 2.24) is 0 Å². The normalized spacial score (nSPS) is 18.1. The van der Waals surface area contributed by atoms with E-state index >= 15 is 0 Å². The summed E-state index contributed by atoms with van der Waals surface area (Å²) in [6.07, 6.45) is 0. The monoisotopic (exact) mass is 720 g/mol. The Morgan fingerprint density at radius 1 is 0.423 bits per heavy atom. The Hall–Kier alpha value is -4.88. The van der Waals surface area contributed by atoms with E-state index < -0.39 is 27.7 Å². The lowest BCUT2D eigenvalue weighted by molar-refractivity contribution is -0.171. The maximum atomic E-state index is 14.2. The van der Waals surface area contributed by atoms with Crippen molar-refractivity contribution in [2.75, 3.05) is 13.2 Å². The first kappa shape index (κ1) is 35.5. The van der Waals surface area contributed by atoms with Crippen LogP contribution in [0.5, 0.6) is 0 Å². The van der Waals surface area contributed by atoms with Crippen LogP contribution >= 0.6 is 15.8 Å². The van der Waals surface area contributed by atoms with Crippen LogP contribution in [0.1, 0.15) is 36.8 Å². The Balaban J connectivity index is 1.47. The van der Waals surface area contributed by atoms with E-state index in [1.165, 1.54) is 31.8 Å². The van der Waals surface area contributed by atoms with Crippen molar-refractivity contribution >= 4 is 59.6 Å². The molecule has 0 radical (unpaired) electrons.